The molecule has 3 rings (SSSR count). The highest BCUT2D eigenvalue weighted by molar-refractivity contribution is 5.99. The number of benzene rings is 2. The monoisotopic (exact) mass is 350 g/mol. The molecule has 0 aliphatic carbocycles. The number of aryl methyl sites for hydroxylation is 2. The number of Topliss-reactive ketones (excluding diaryl/α,β-unsaturated/α-hetero) is 1. The second-order valence-corrected chi connectivity index (χ2v) is 7.15. The van der Waals surface area contributed by atoms with Crippen molar-refractivity contribution < 1.29 is 9.18 Å². The SMILES string of the molecule is Cc1ccc(C(=O)C2CCN(Cc3cc(C#N)ccc3F)CC2)c(C)c1. The van der Waals surface area contributed by atoms with Gasteiger partial charge in [-0.05, 0) is 63.5 Å². The van der Waals surface area contributed by atoms with Gasteiger partial charge in [-0.15, -0.1) is 0 Å². The highest BCUT2D eigenvalue weighted by atomic mass is 19.1. The van der Waals surface area contributed by atoms with Gasteiger partial charge in [0.2, 0.25) is 0 Å². The normalized spacial score (nSPS) is 15.6. The first-order chi connectivity index (χ1) is 12.5. The number of nitrogens with zero attached hydrogens (tertiary/aromatic N) is 2. The number of carbonyl (C=O) groups is 1. The third-order valence-electron chi connectivity index (χ3n) is 5.17. The highest BCUT2D eigenvalue weighted by Gasteiger charge is 2.27. The molecule has 0 unspecified atom stereocenters. The van der Waals surface area contributed by atoms with Gasteiger partial charge in [0.15, 0.2) is 5.78 Å². The number of likely N-dealkylation sites (tertiary alicyclic amines) is 1. The topological polar surface area (TPSA) is 44.1 Å². The lowest BCUT2D eigenvalue weighted by Gasteiger charge is -2.31. The second kappa shape index (κ2) is 7.80. The summed E-state index contributed by atoms with van der Waals surface area (Å²) < 4.78 is 14.0. The molecule has 1 fully saturated rings. The van der Waals surface area contributed by atoms with Crippen molar-refractivity contribution in [3.63, 3.8) is 0 Å². The van der Waals surface area contributed by atoms with Crippen LogP contribution in [0.25, 0.3) is 0 Å². The molecule has 0 atom stereocenters. The van der Waals surface area contributed by atoms with Crippen LogP contribution in [0.3, 0.4) is 0 Å². The van der Waals surface area contributed by atoms with Gasteiger partial charge in [-0.25, -0.2) is 4.39 Å². The van der Waals surface area contributed by atoms with Gasteiger partial charge in [0.25, 0.3) is 0 Å². The van der Waals surface area contributed by atoms with Crippen LogP contribution in [0.5, 0.6) is 0 Å². The number of ketones is 1. The van der Waals surface area contributed by atoms with Crippen molar-refractivity contribution in [2.75, 3.05) is 13.1 Å². The van der Waals surface area contributed by atoms with Crippen molar-refractivity contribution in [2.45, 2.75) is 33.2 Å². The molecule has 4 heteroatoms. The lowest BCUT2D eigenvalue weighted by atomic mass is 9.87. The van der Waals surface area contributed by atoms with Gasteiger partial charge >= 0.3 is 0 Å². The van der Waals surface area contributed by atoms with Crippen molar-refractivity contribution in [3.05, 3.63) is 70.0 Å². The van der Waals surface area contributed by atoms with Crippen molar-refractivity contribution >= 4 is 5.78 Å². The first-order valence-electron chi connectivity index (χ1n) is 9.00. The van der Waals surface area contributed by atoms with Crippen LogP contribution in [0.4, 0.5) is 4.39 Å². The Balaban J connectivity index is 1.62. The van der Waals surface area contributed by atoms with Crippen LogP contribution in [0.2, 0.25) is 0 Å². The predicted octanol–water partition coefficient (Wildman–Crippen LogP) is 4.41. The number of rotatable bonds is 4. The van der Waals surface area contributed by atoms with Crippen molar-refractivity contribution in [2.24, 2.45) is 5.92 Å². The molecule has 2 aromatic carbocycles. The van der Waals surface area contributed by atoms with Gasteiger partial charge in [-0.3, -0.25) is 9.69 Å². The van der Waals surface area contributed by atoms with E-state index in [1.165, 1.54) is 12.1 Å². The molecular weight excluding hydrogens is 327 g/mol. The van der Waals surface area contributed by atoms with Gasteiger partial charge in [0.1, 0.15) is 5.82 Å². The van der Waals surface area contributed by atoms with E-state index in [1.54, 1.807) is 6.07 Å². The van der Waals surface area contributed by atoms with E-state index in [0.29, 0.717) is 17.7 Å². The van der Waals surface area contributed by atoms with Crippen LogP contribution in [0, 0.1) is 36.9 Å². The van der Waals surface area contributed by atoms with Gasteiger partial charge in [-0.1, -0.05) is 23.8 Å². The Morgan fingerprint density at radius 3 is 2.58 bits per heavy atom. The first kappa shape index (κ1) is 18.3. The number of piperidine rings is 1. The minimum Gasteiger partial charge on any atom is -0.299 e. The molecule has 0 radical (unpaired) electrons. The molecule has 0 aromatic heterocycles. The number of nitriles is 1. The molecule has 1 aliphatic heterocycles. The fourth-order valence-corrected chi connectivity index (χ4v) is 3.67. The molecule has 3 nitrogen and oxygen atoms in total. The highest BCUT2D eigenvalue weighted by Crippen LogP contribution is 2.25. The number of halogens is 1. The smallest absolute Gasteiger partial charge is 0.166 e. The summed E-state index contributed by atoms with van der Waals surface area (Å²) in [7, 11) is 0. The largest absolute Gasteiger partial charge is 0.299 e. The van der Waals surface area contributed by atoms with E-state index in [4.69, 9.17) is 5.26 Å². The van der Waals surface area contributed by atoms with Crippen molar-refractivity contribution in [1.82, 2.24) is 4.90 Å². The van der Waals surface area contributed by atoms with E-state index in [1.807, 2.05) is 32.0 Å². The molecule has 0 bridgehead atoms. The number of hydrogen-bond donors (Lipinski definition) is 0. The van der Waals surface area contributed by atoms with E-state index < -0.39 is 0 Å². The standard InChI is InChI=1S/C22H23FN2O/c1-15-3-5-20(16(2)11-15)22(26)18-7-9-25(10-8-18)14-19-12-17(13-24)4-6-21(19)23/h3-6,11-12,18H,7-10,14H2,1-2H3. The third-order valence-corrected chi connectivity index (χ3v) is 5.17. The molecule has 26 heavy (non-hydrogen) atoms. The predicted molar refractivity (Wildman–Crippen MR) is 99.4 cm³/mol. The molecule has 1 saturated heterocycles. The van der Waals surface area contributed by atoms with Crippen LogP contribution in [-0.2, 0) is 6.54 Å². The third kappa shape index (κ3) is 4.00. The maximum Gasteiger partial charge on any atom is 0.166 e. The summed E-state index contributed by atoms with van der Waals surface area (Å²) in [5.74, 6) is -0.0276. The number of carbonyl (C=O) groups excluding carboxylic acids is 1. The maximum atomic E-state index is 14.0. The van der Waals surface area contributed by atoms with Gasteiger partial charge in [0, 0.05) is 23.6 Å². The molecular formula is C22H23FN2O. The van der Waals surface area contributed by atoms with E-state index in [2.05, 4.69) is 11.0 Å². The van der Waals surface area contributed by atoms with Crippen molar-refractivity contribution in [1.29, 1.82) is 5.26 Å². The second-order valence-electron chi connectivity index (χ2n) is 7.15. The lowest BCUT2D eigenvalue weighted by molar-refractivity contribution is 0.0833. The zero-order valence-electron chi connectivity index (χ0n) is 15.3. The molecule has 0 spiro atoms. The Hall–Kier alpha value is -2.51. The van der Waals surface area contributed by atoms with E-state index >= 15 is 0 Å². The Bertz CT molecular complexity index is 861. The average Bonchev–Trinajstić information content (AvgIpc) is 2.63. The average molecular weight is 350 g/mol. The fraction of sp³-hybridized carbons (Fsp3) is 0.364. The van der Waals surface area contributed by atoms with Gasteiger partial charge in [0.05, 0.1) is 11.6 Å². The van der Waals surface area contributed by atoms with Gasteiger partial charge < -0.3 is 0 Å². The van der Waals surface area contributed by atoms with Crippen LogP contribution < -0.4 is 0 Å². The summed E-state index contributed by atoms with van der Waals surface area (Å²) in [6.45, 7) is 6.02. The van der Waals surface area contributed by atoms with Crippen LogP contribution in [0.15, 0.2) is 36.4 Å². The van der Waals surface area contributed by atoms with Crippen LogP contribution >= 0.6 is 0 Å². The molecule has 0 N–H and O–H groups in total. The van der Waals surface area contributed by atoms with Gasteiger partial charge in [-0.2, -0.15) is 5.26 Å². The summed E-state index contributed by atoms with van der Waals surface area (Å²) in [6.07, 6.45) is 1.57. The maximum absolute atomic E-state index is 14.0. The summed E-state index contributed by atoms with van der Waals surface area (Å²) in [5.41, 5.74) is 4.04. The quantitative estimate of drug-likeness (QED) is 0.767. The zero-order valence-corrected chi connectivity index (χ0v) is 15.3. The molecule has 1 aliphatic rings. The molecule has 2 aromatic rings. The molecule has 1 heterocycles. The van der Waals surface area contributed by atoms with Crippen LogP contribution in [-0.4, -0.2) is 23.8 Å². The molecule has 0 amide bonds. The first-order valence-corrected chi connectivity index (χ1v) is 9.00. The van der Waals surface area contributed by atoms with Crippen molar-refractivity contribution in [3.8, 4) is 6.07 Å². The fourth-order valence-electron chi connectivity index (χ4n) is 3.67. The molecule has 0 saturated carbocycles. The lowest BCUT2D eigenvalue weighted by Crippen LogP contribution is -2.36. The Labute approximate surface area is 154 Å². The summed E-state index contributed by atoms with van der Waals surface area (Å²) in [5, 5.41) is 8.98. The number of hydrogen-bond acceptors (Lipinski definition) is 3. The minimum absolute atomic E-state index is 0.0305. The van der Waals surface area contributed by atoms with E-state index in [9.17, 15) is 9.18 Å². The summed E-state index contributed by atoms with van der Waals surface area (Å²) in [4.78, 5) is 15.0. The summed E-state index contributed by atoms with van der Waals surface area (Å²) in [6, 6.07) is 12.5. The molecule has 134 valence electrons. The summed E-state index contributed by atoms with van der Waals surface area (Å²) >= 11 is 0. The van der Waals surface area contributed by atoms with Crippen LogP contribution in [0.1, 0.15) is 45.5 Å². The van der Waals surface area contributed by atoms with E-state index in [0.717, 1.165) is 42.6 Å². The van der Waals surface area contributed by atoms with E-state index in [-0.39, 0.29) is 17.5 Å². The Morgan fingerprint density at radius 2 is 1.92 bits per heavy atom. The minimum atomic E-state index is -0.280. The zero-order chi connectivity index (χ0) is 18.7. The Morgan fingerprint density at radius 1 is 1.19 bits per heavy atom. The Kier molecular flexibility index (Phi) is 5.49.